The van der Waals surface area contributed by atoms with Gasteiger partial charge >= 0.3 is 0 Å². The molecule has 1 aromatic carbocycles. The summed E-state index contributed by atoms with van der Waals surface area (Å²) < 4.78 is 1.21. The smallest absolute Gasteiger partial charge is 0.0241 e. The van der Waals surface area contributed by atoms with Crippen molar-refractivity contribution in [3.8, 4) is 0 Å². The van der Waals surface area contributed by atoms with Gasteiger partial charge in [-0.15, -0.1) is 0 Å². The Hall–Kier alpha value is -0.380. The first kappa shape index (κ1) is 16.0. The summed E-state index contributed by atoms with van der Waals surface area (Å²) in [6.45, 7) is 3.00. The molecule has 112 valence electrons. The van der Waals surface area contributed by atoms with E-state index in [2.05, 4.69) is 52.1 Å². The third-order valence-electron chi connectivity index (χ3n) is 4.77. The van der Waals surface area contributed by atoms with Gasteiger partial charge in [0, 0.05) is 11.0 Å². The Morgan fingerprint density at radius 2 is 1.90 bits per heavy atom. The lowest BCUT2D eigenvalue weighted by Gasteiger charge is -2.37. The summed E-state index contributed by atoms with van der Waals surface area (Å²) in [5.74, 6) is 0. The fourth-order valence-corrected chi connectivity index (χ4v) is 3.69. The highest BCUT2D eigenvalue weighted by molar-refractivity contribution is 9.10. The minimum Gasteiger partial charge on any atom is -0.330 e. The normalized spacial score (nSPS) is 18.4. The molecule has 2 N–H and O–H groups in total. The Kier molecular flexibility index (Phi) is 6.06. The van der Waals surface area contributed by atoms with Crippen molar-refractivity contribution in [3.63, 3.8) is 0 Å². The van der Waals surface area contributed by atoms with E-state index in [4.69, 9.17) is 5.73 Å². The fourth-order valence-electron chi connectivity index (χ4n) is 3.28. The van der Waals surface area contributed by atoms with Crippen molar-refractivity contribution in [2.75, 3.05) is 20.1 Å². The van der Waals surface area contributed by atoms with E-state index < -0.39 is 0 Å². The van der Waals surface area contributed by atoms with Crippen molar-refractivity contribution >= 4 is 15.9 Å². The van der Waals surface area contributed by atoms with Crippen LogP contribution >= 0.6 is 15.9 Å². The number of halogens is 1. The molecule has 3 heteroatoms. The van der Waals surface area contributed by atoms with Crippen LogP contribution in [-0.2, 0) is 6.54 Å². The third kappa shape index (κ3) is 4.31. The molecule has 0 unspecified atom stereocenters. The van der Waals surface area contributed by atoms with Crippen LogP contribution in [0.5, 0.6) is 0 Å². The van der Waals surface area contributed by atoms with E-state index >= 15 is 0 Å². The molecule has 0 saturated heterocycles. The van der Waals surface area contributed by atoms with Crippen LogP contribution in [0.1, 0.15) is 44.1 Å². The van der Waals surface area contributed by atoms with E-state index in [1.807, 2.05) is 0 Å². The Morgan fingerprint density at radius 1 is 1.20 bits per heavy atom. The number of hydrogen-bond donors (Lipinski definition) is 1. The maximum atomic E-state index is 6.08. The molecule has 0 bridgehead atoms. The lowest BCUT2D eigenvalue weighted by Crippen LogP contribution is -2.36. The Bertz CT molecular complexity index is 413. The van der Waals surface area contributed by atoms with Gasteiger partial charge in [0.2, 0.25) is 0 Å². The highest BCUT2D eigenvalue weighted by atomic mass is 79.9. The van der Waals surface area contributed by atoms with Crippen LogP contribution in [0.25, 0.3) is 0 Å². The Balaban J connectivity index is 1.85. The highest BCUT2D eigenvalue weighted by Crippen LogP contribution is 2.38. The van der Waals surface area contributed by atoms with Gasteiger partial charge in [-0.1, -0.05) is 53.4 Å². The first-order valence-corrected chi connectivity index (χ1v) is 8.57. The maximum Gasteiger partial charge on any atom is 0.0241 e. The zero-order chi connectivity index (χ0) is 14.4. The quantitative estimate of drug-likeness (QED) is 0.842. The molecule has 0 atom stereocenters. The van der Waals surface area contributed by atoms with Gasteiger partial charge in [0.25, 0.3) is 0 Å². The van der Waals surface area contributed by atoms with Crippen LogP contribution in [0.3, 0.4) is 0 Å². The van der Waals surface area contributed by atoms with E-state index in [0.717, 1.165) is 19.6 Å². The molecule has 1 saturated carbocycles. The van der Waals surface area contributed by atoms with Crippen molar-refractivity contribution in [2.45, 2.75) is 45.1 Å². The van der Waals surface area contributed by atoms with E-state index in [1.165, 1.54) is 48.6 Å². The predicted molar refractivity (Wildman–Crippen MR) is 89.7 cm³/mol. The lowest BCUT2D eigenvalue weighted by molar-refractivity contribution is 0.154. The van der Waals surface area contributed by atoms with Crippen molar-refractivity contribution < 1.29 is 0 Å². The SMILES string of the molecule is CN(CCC1(CN)CCCCC1)Cc1ccccc1Br. The molecule has 0 aromatic heterocycles. The van der Waals surface area contributed by atoms with Crippen molar-refractivity contribution in [3.05, 3.63) is 34.3 Å². The second-order valence-corrected chi connectivity index (χ2v) is 7.20. The van der Waals surface area contributed by atoms with E-state index in [-0.39, 0.29) is 0 Å². The molecule has 1 aliphatic carbocycles. The molecule has 20 heavy (non-hydrogen) atoms. The van der Waals surface area contributed by atoms with Gasteiger partial charge in [-0.05, 0) is 56.4 Å². The zero-order valence-corrected chi connectivity index (χ0v) is 14.2. The van der Waals surface area contributed by atoms with Gasteiger partial charge < -0.3 is 10.6 Å². The predicted octanol–water partition coefficient (Wildman–Crippen LogP) is 4.18. The first-order valence-electron chi connectivity index (χ1n) is 7.77. The van der Waals surface area contributed by atoms with Gasteiger partial charge in [-0.2, -0.15) is 0 Å². The fraction of sp³-hybridized carbons (Fsp3) is 0.647. The monoisotopic (exact) mass is 338 g/mol. The summed E-state index contributed by atoms with van der Waals surface area (Å²) >= 11 is 3.63. The average Bonchev–Trinajstić information content (AvgIpc) is 2.49. The van der Waals surface area contributed by atoms with Crippen molar-refractivity contribution in [1.29, 1.82) is 0 Å². The maximum absolute atomic E-state index is 6.08. The topological polar surface area (TPSA) is 29.3 Å². The van der Waals surface area contributed by atoms with Crippen molar-refractivity contribution in [2.24, 2.45) is 11.1 Å². The lowest BCUT2D eigenvalue weighted by atomic mass is 9.72. The van der Waals surface area contributed by atoms with Crippen LogP contribution in [0.2, 0.25) is 0 Å². The molecule has 2 rings (SSSR count). The molecule has 1 fully saturated rings. The average molecular weight is 339 g/mol. The molecular weight excluding hydrogens is 312 g/mol. The number of hydrogen-bond acceptors (Lipinski definition) is 2. The minimum absolute atomic E-state index is 0.417. The summed E-state index contributed by atoms with van der Waals surface area (Å²) in [4.78, 5) is 2.42. The van der Waals surface area contributed by atoms with E-state index in [0.29, 0.717) is 5.41 Å². The summed E-state index contributed by atoms with van der Waals surface area (Å²) in [5.41, 5.74) is 7.85. The summed E-state index contributed by atoms with van der Waals surface area (Å²) in [5, 5.41) is 0. The van der Waals surface area contributed by atoms with Gasteiger partial charge in [0.1, 0.15) is 0 Å². The Morgan fingerprint density at radius 3 is 2.55 bits per heavy atom. The number of nitrogens with zero attached hydrogens (tertiary/aromatic N) is 1. The number of benzene rings is 1. The molecule has 2 nitrogen and oxygen atoms in total. The molecule has 0 aliphatic heterocycles. The minimum atomic E-state index is 0.417. The third-order valence-corrected chi connectivity index (χ3v) is 5.54. The van der Waals surface area contributed by atoms with Gasteiger partial charge in [0.05, 0.1) is 0 Å². The Labute approximate surface area is 131 Å². The molecule has 0 radical (unpaired) electrons. The second kappa shape index (κ2) is 7.58. The first-order chi connectivity index (χ1) is 9.65. The summed E-state index contributed by atoms with van der Waals surface area (Å²) in [6.07, 6.45) is 8.02. The molecule has 1 aliphatic rings. The number of rotatable bonds is 6. The van der Waals surface area contributed by atoms with Crippen molar-refractivity contribution in [1.82, 2.24) is 4.90 Å². The summed E-state index contributed by atoms with van der Waals surface area (Å²) in [7, 11) is 2.21. The summed E-state index contributed by atoms with van der Waals surface area (Å²) in [6, 6.07) is 8.49. The molecular formula is C17H27BrN2. The van der Waals surface area contributed by atoms with Crippen LogP contribution in [0.4, 0.5) is 0 Å². The second-order valence-electron chi connectivity index (χ2n) is 6.34. The molecule has 0 spiro atoms. The standard InChI is InChI=1S/C17H27BrN2/c1-20(13-15-7-3-4-8-16(15)18)12-11-17(14-19)9-5-2-6-10-17/h3-4,7-8H,2,5-6,9-14,19H2,1H3. The van der Waals surface area contributed by atoms with Gasteiger partial charge in [-0.25, -0.2) is 0 Å². The zero-order valence-electron chi connectivity index (χ0n) is 12.6. The largest absolute Gasteiger partial charge is 0.330 e. The van der Waals surface area contributed by atoms with Crippen LogP contribution < -0.4 is 5.73 Å². The van der Waals surface area contributed by atoms with Crippen LogP contribution in [0.15, 0.2) is 28.7 Å². The van der Waals surface area contributed by atoms with Gasteiger partial charge in [-0.3, -0.25) is 0 Å². The van der Waals surface area contributed by atoms with E-state index in [9.17, 15) is 0 Å². The van der Waals surface area contributed by atoms with Crippen LogP contribution in [0, 0.1) is 5.41 Å². The molecule has 0 amide bonds. The molecule has 1 aromatic rings. The highest BCUT2D eigenvalue weighted by Gasteiger charge is 2.30. The number of nitrogens with two attached hydrogens (primary N) is 1. The van der Waals surface area contributed by atoms with Crippen LogP contribution in [-0.4, -0.2) is 25.0 Å². The van der Waals surface area contributed by atoms with Gasteiger partial charge in [0.15, 0.2) is 0 Å². The van der Waals surface area contributed by atoms with E-state index in [1.54, 1.807) is 0 Å². The molecule has 0 heterocycles.